The number of hydrogen-bond acceptors (Lipinski definition) is 4. The molecule has 2 N–H and O–H groups in total. The maximum Gasteiger partial charge on any atom is 0.233 e. The van der Waals surface area contributed by atoms with Crippen molar-refractivity contribution in [1.82, 2.24) is 10.2 Å². The molecule has 0 aliphatic heterocycles. The molecule has 0 aromatic carbocycles. The molecule has 0 saturated carbocycles. The summed E-state index contributed by atoms with van der Waals surface area (Å²) in [5.41, 5.74) is 6.55. The van der Waals surface area contributed by atoms with E-state index in [-0.39, 0.29) is 6.04 Å². The number of aromatic nitrogens is 2. The van der Waals surface area contributed by atoms with E-state index >= 15 is 0 Å². The molecule has 0 spiro atoms. The summed E-state index contributed by atoms with van der Waals surface area (Å²) in [5.74, 6) is 0.516. The van der Waals surface area contributed by atoms with E-state index in [0.29, 0.717) is 5.88 Å². The summed E-state index contributed by atoms with van der Waals surface area (Å²) in [7, 11) is 1.56. The SMILES string of the molecule is CC[C@@H](N)c1ccc(OC)nn1. The third kappa shape index (κ3) is 1.92. The Hall–Kier alpha value is -1.16. The van der Waals surface area contributed by atoms with Gasteiger partial charge < -0.3 is 10.5 Å². The lowest BCUT2D eigenvalue weighted by atomic mass is 10.2. The summed E-state index contributed by atoms with van der Waals surface area (Å²) < 4.78 is 4.87. The zero-order valence-corrected chi connectivity index (χ0v) is 7.32. The van der Waals surface area contributed by atoms with Crippen LogP contribution in [0, 0.1) is 0 Å². The van der Waals surface area contributed by atoms with Gasteiger partial charge in [0.2, 0.25) is 5.88 Å². The normalized spacial score (nSPS) is 12.6. The Morgan fingerprint density at radius 2 is 2.25 bits per heavy atom. The summed E-state index contributed by atoms with van der Waals surface area (Å²) in [6, 6.07) is 3.57. The van der Waals surface area contributed by atoms with Gasteiger partial charge in [-0.2, -0.15) is 5.10 Å². The highest BCUT2D eigenvalue weighted by atomic mass is 16.5. The minimum Gasteiger partial charge on any atom is -0.480 e. The lowest BCUT2D eigenvalue weighted by molar-refractivity contribution is 0.390. The van der Waals surface area contributed by atoms with Crippen LogP contribution in [0.1, 0.15) is 25.1 Å². The summed E-state index contributed by atoms with van der Waals surface area (Å²) >= 11 is 0. The summed E-state index contributed by atoms with van der Waals surface area (Å²) in [6.07, 6.45) is 0.862. The molecule has 12 heavy (non-hydrogen) atoms. The van der Waals surface area contributed by atoms with Crippen LogP contribution in [0.4, 0.5) is 0 Å². The fourth-order valence-corrected chi connectivity index (χ4v) is 0.846. The van der Waals surface area contributed by atoms with E-state index < -0.39 is 0 Å². The van der Waals surface area contributed by atoms with Crippen molar-refractivity contribution >= 4 is 0 Å². The van der Waals surface area contributed by atoms with Crippen LogP contribution in [-0.4, -0.2) is 17.3 Å². The minimum absolute atomic E-state index is 0.0246. The zero-order chi connectivity index (χ0) is 8.97. The molecule has 1 heterocycles. The van der Waals surface area contributed by atoms with Crippen molar-refractivity contribution in [3.8, 4) is 5.88 Å². The first-order valence-electron chi connectivity index (χ1n) is 3.91. The first-order valence-corrected chi connectivity index (χ1v) is 3.91. The smallest absolute Gasteiger partial charge is 0.233 e. The average molecular weight is 167 g/mol. The number of rotatable bonds is 3. The van der Waals surface area contributed by atoms with Crippen LogP contribution >= 0.6 is 0 Å². The fourth-order valence-electron chi connectivity index (χ4n) is 0.846. The molecule has 4 nitrogen and oxygen atoms in total. The van der Waals surface area contributed by atoms with Crippen molar-refractivity contribution in [2.24, 2.45) is 5.73 Å². The van der Waals surface area contributed by atoms with Crippen molar-refractivity contribution < 1.29 is 4.74 Å². The standard InChI is InChI=1S/C8H13N3O/c1-3-6(9)7-4-5-8(12-2)11-10-7/h4-6H,3,9H2,1-2H3/t6-/m1/s1. The van der Waals surface area contributed by atoms with Crippen LogP contribution in [-0.2, 0) is 0 Å². The van der Waals surface area contributed by atoms with Crippen molar-refractivity contribution in [3.63, 3.8) is 0 Å². The van der Waals surface area contributed by atoms with E-state index in [9.17, 15) is 0 Å². The van der Waals surface area contributed by atoms with Crippen LogP contribution in [0.5, 0.6) is 5.88 Å². The van der Waals surface area contributed by atoms with Crippen LogP contribution in [0.25, 0.3) is 0 Å². The quantitative estimate of drug-likeness (QED) is 0.726. The van der Waals surface area contributed by atoms with Gasteiger partial charge >= 0.3 is 0 Å². The van der Waals surface area contributed by atoms with Gasteiger partial charge in [-0.15, -0.1) is 5.10 Å². The molecule has 0 bridgehead atoms. The van der Waals surface area contributed by atoms with Crippen LogP contribution in [0.3, 0.4) is 0 Å². The topological polar surface area (TPSA) is 61.0 Å². The number of nitrogens with two attached hydrogens (primary N) is 1. The maximum atomic E-state index is 5.74. The molecule has 1 aromatic heterocycles. The second-order valence-corrected chi connectivity index (χ2v) is 2.52. The van der Waals surface area contributed by atoms with Gasteiger partial charge in [0, 0.05) is 12.1 Å². The monoisotopic (exact) mass is 167 g/mol. The largest absolute Gasteiger partial charge is 0.480 e. The molecule has 0 unspecified atom stereocenters. The first-order chi connectivity index (χ1) is 5.77. The van der Waals surface area contributed by atoms with Crippen LogP contribution in [0.2, 0.25) is 0 Å². The molecule has 1 rings (SSSR count). The van der Waals surface area contributed by atoms with Gasteiger partial charge in [-0.1, -0.05) is 6.92 Å². The van der Waals surface area contributed by atoms with Gasteiger partial charge in [0.15, 0.2) is 0 Å². The fraction of sp³-hybridized carbons (Fsp3) is 0.500. The van der Waals surface area contributed by atoms with E-state index in [1.807, 2.05) is 13.0 Å². The molecule has 66 valence electrons. The Morgan fingerprint density at radius 1 is 1.50 bits per heavy atom. The number of nitrogens with zero attached hydrogens (tertiary/aromatic N) is 2. The van der Waals surface area contributed by atoms with Crippen molar-refractivity contribution in [1.29, 1.82) is 0 Å². The average Bonchev–Trinajstić information content (AvgIpc) is 2.17. The lowest BCUT2D eigenvalue weighted by Crippen LogP contribution is -2.11. The first kappa shape index (κ1) is 8.93. The van der Waals surface area contributed by atoms with E-state index in [4.69, 9.17) is 10.5 Å². The molecule has 0 aliphatic rings. The Labute approximate surface area is 71.8 Å². The van der Waals surface area contributed by atoms with Crippen LogP contribution < -0.4 is 10.5 Å². The van der Waals surface area contributed by atoms with Crippen molar-refractivity contribution in [2.45, 2.75) is 19.4 Å². The molecule has 1 aromatic rings. The summed E-state index contributed by atoms with van der Waals surface area (Å²) in [4.78, 5) is 0. The number of ether oxygens (including phenoxy) is 1. The van der Waals surface area contributed by atoms with Crippen molar-refractivity contribution in [3.05, 3.63) is 17.8 Å². The molecule has 1 atom stereocenters. The van der Waals surface area contributed by atoms with E-state index in [2.05, 4.69) is 10.2 Å². The van der Waals surface area contributed by atoms with Gasteiger partial charge in [0.1, 0.15) is 0 Å². The molecule has 0 radical (unpaired) electrons. The van der Waals surface area contributed by atoms with Gasteiger partial charge in [0.05, 0.1) is 12.8 Å². The van der Waals surface area contributed by atoms with Crippen LogP contribution in [0.15, 0.2) is 12.1 Å². The minimum atomic E-state index is -0.0246. The second kappa shape index (κ2) is 4.01. The molecular formula is C8H13N3O. The third-order valence-corrected chi connectivity index (χ3v) is 1.69. The molecule has 0 fully saturated rings. The van der Waals surface area contributed by atoms with Gasteiger partial charge in [-0.05, 0) is 12.5 Å². The van der Waals surface area contributed by atoms with Gasteiger partial charge in [0.25, 0.3) is 0 Å². The molecule has 0 saturated heterocycles. The van der Waals surface area contributed by atoms with Gasteiger partial charge in [-0.25, -0.2) is 0 Å². The number of methoxy groups -OCH3 is 1. The zero-order valence-electron chi connectivity index (χ0n) is 7.32. The summed E-state index contributed by atoms with van der Waals surface area (Å²) in [5, 5.41) is 7.73. The Bertz CT molecular complexity index is 235. The Morgan fingerprint density at radius 3 is 2.67 bits per heavy atom. The highest BCUT2D eigenvalue weighted by Crippen LogP contribution is 2.11. The molecule has 4 heteroatoms. The maximum absolute atomic E-state index is 5.74. The third-order valence-electron chi connectivity index (χ3n) is 1.69. The van der Waals surface area contributed by atoms with E-state index in [0.717, 1.165) is 12.1 Å². The molecule has 0 aliphatic carbocycles. The number of hydrogen-bond donors (Lipinski definition) is 1. The highest BCUT2D eigenvalue weighted by Gasteiger charge is 2.04. The molecule has 0 amide bonds. The van der Waals surface area contributed by atoms with Crippen molar-refractivity contribution in [2.75, 3.05) is 7.11 Å². The van der Waals surface area contributed by atoms with E-state index in [1.54, 1.807) is 13.2 Å². The molecular weight excluding hydrogens is 154 g/mol. The van der Waals surface area contributed by atoms with Gasteiger partial charge in [-0.3, -0.25) is 0 Å². The predicted octanol–water partition coefficient (Wildman–Crippen LogP) is 0.895. The Balaban J connectivity index is 2.77. The highest BCUT2D eigenvalue weighted by molar-refractivity contribution is 5.13. The predicted molar refractivity (Wildman–Crippen MR) is 45.8 cm³/mol. The summed E-state index contributed by atoms with van der Waals surface area (Å²) in [6.45, 7) is 2.01. The second-order valence-electron chi connectivity index (χ2n) is 2.52. The lowest BCUT2D eigenvalue weighted by Gasteiger charge is -2.06. The Kier molecular flexibility index (Phi) is 2.99. The van der Waals surface area contributed by atoms with E-state index in [1.165, 1.54) is 0 Å².